The van der Waals surface area contributed by atoms with Gasteiger partial charge in [0, 0.05) is 11.6 Å². The first-order valence-corrected chi connectivity index (χ1v) is 7.43. The Hall–Kier alpha value is -1.26. The second-order valence-corrected chi connectivity index (χ2v) is 6.42. The number of ether oxygens (including phenoxy) is 2. The smallest absolute Gasteiger partial charge is 0.320 e. The molecule has 5 heteroatoms. The van der Waals surface area contributed by atoms with Crippen LogP contribution >= 0.6 is 11.6 Å². The molecule has 0 atom stereocenters. The first-order valence-electron chi connectivity index (χ1n) is 7.05. The Balaban J connectivity index is 2.19. The second-order valence-electron chi connectivity index (χ2n) is 5.98. The maximum Gasteiger partial charge on any atom is 0.320 e. The Bertz CT molecular complexity index is 457. The number of carbonyl (C=O) groups is 1. The molecule has 1 aromatic carbocycles. The maximum absolute atomic E-state index is 11.7. The van der Waals surface area contributed by atoms with Gasteiger partial charge >= 0.3 is 5.97 Å². The number of hydrogen-bond donors (Lipinski definition) is 0. The first kappa shape index (κ1) is 17.8. The topological polar surface area (TPSA) is 38.8 Å². The van der Waals surface area contributed by atoms with Crippen LogP contribution < -0.4 is 4.74 Å². The van der Waals surface area contributed by atoms with E-state index in [1.54, 1.807) is 6.07 Å². The number of esters is 1. The van der Waals surface area contributed by atoms with Crippen molar-refractivity contribution in [3.8, 4) is 5.75 Å². The molecule has 0 radical (unpaired) electrons. The van der Waals surface area contributed by atoms with E-state index in [2.05, 4.69) is 0 Å². The molecule has 0 spiro atoms. The van der Waals surface area contributed by atoms with Crippen molar-refractivity contribution in [1.82, 2.24) is 4.90 Å². The van der Waals surface area contributed by atoms with Crippen LogP contribution in [0.5, 0.6) is 5.75 Å². The summed E-state index contributed by atoms with van der Waals surface area (Å²) in [5, 5.41) is 0.662. The number of nitrogens with zero attached hydrogens (tertiary/aromatic N) is 1. The van der Waals surface area contributed by atoms with Crippen molar-refractivity contribution in [2.24, 2.45) is 0 Å². The Morgan fingerprint density at radius 1 is 1.33 bits per heavy atom. The molecule has 1 rings (SSSR count). The quantitative estimate of drug-likeness (QED) is 0.571. The lowest BCUT2D eigenvalue weighted by Gasteiger charge is -2.22. The SMILES string of the molecule is CN(CCCOc1cccc(Cl)c1)CC(=O)OC(C)(C)C. The van der Waals surface area contributed by atoms with Crippen molar-refractivity contribution in [3.63, 3.8) is 0 Å². The molecule has 4 nitrogen and oxygen atoms in total. The molecular formula is C16H24ClNO3. The molecule has 0 heterocycles. The lowest BCUT2D eigenvalue weighted by Crippen LogP contribution is -2.33. The van der Waals surface area contributed by atoms with Crippen molar-refractivity contribution in [2.45, 2.75) is 32.8 Å². The average molecular weight is 314 g/mol. The van der Waals surface area contributed by atoms with Gasteiger partial charge < -0.3 is 9.47 Å². The van der Waals surface area contributed by atoms with E-state index >= 15 is 0 Å². The van der Waals surface area contributed by atoms with Gasteiger partial charge in [-0.2, -0.15) is 0 Å². The van der Waals surface area contributed by atoms with Crippen LogP contribution in [-0.2, 0) is 9.53 Å². The highest BCUT2D eigenvalue weighted by atomic mass is 35.5. The van der Waals surface area contributed by atoms with Crippen LogP contribution in [0.15, 0.2) is 24.3 Å². The summed E-state index contributed by atoms with van der Waals surface area (Å²) in [5.41, 5.74) is -0.437. The van der Waals surface area contributed by atoms with Crippen LogP contribution in [0.1, 0.15) is 27.2 Å². The molecule has 0 amide bonds. The van der Waals surface area contributed by atoms with Crippen molar-refractivity contribution in [2.75, 3.05) is 26.7 Å². The molecule has 0 fully saturated rings. The third-order valence-corrected chi connectivity index (χ3v) is 2.80. The molecule has 0 aromatic heterocycles. The van der Waals surface area contributed by atoms with Crippen LogP contribution in [0.3, 0.4) is 0 Å². The van der Waals surface area contributed by atoms with E-state index in [4.69, 9.17) is 21.1 Å². The number of hydrogen-bond acceptors (Lipinski definition) is 4. The highest BCUT2D eigenvalue weighted by Crippen LogP contribution is 2.17. The molecule has 1 aromatic rings. The zero-order valence-corrected chi connectivity index (χ0v) is 13.9. The largest absolute Gasteiger partial charge is 0.493 e. The van der Waals surface area contributed by atoms with E-state index in [-0.39, 0.29) is 12.5 Å². The summed E-state index contributed by atoms with van der Waals surface area (Å²) in [6, 6.07) is 7.32. The molecule has 0 N–H and O–H groups in total. The first-order chi connectivity index (χ1) is 9.76. The summed E-state index contributed by atoms with van der Waals surface area (Å²) in [6.45, 7) is 7.23. The lowest BCUT2D eigenvalue weighted by atomic mass is 10.2. The number of carbonyl (C=O) groups excluding carboxylic acids is 1. The molecule has 0 unspecified atom stereocenters. The maximum atomic E-state index is 11.7. The van der Waals surface area contributed by atoms with Crippen molar-refractivity contribution < 1.29 is 14.3 Å². The molecule has 0 aliphatic carbocycles. The molecule has 0 aliphatic heterocycles. The van der Waals surface area contributed by atoms with E-state index < -0.39 is 5.60 Å². The summed E-state index contributed by atoms with van der Waals surface area (Å²) in [6.07, 6.45) is 0.825. The summed E-state index contributed by atoms with van der Waals surface area (Å²) >= 11 is 5.88. The van der Waals surface area contributed by atoms with Gasteiger partial charge in [0.1, 0.15) is 11.4 Å². The highest BCUT2D eigenvalue weighted by molar-refractivity contribution is 6.30. The third kappa shape index (κ3) is 8.58. The Morgan fingerprint density at radius 2 is 2.05 bits per heavy atom. The van der Waals surface area contributed by atoms with Crippen LogP contribution in [-0.4, -0.2) is 43.2 Å². The zero-order valence-electron chi connectivity index (χ0n) is 13.2. The minimum atomic E-state index is -0.437. The molecular weight excluding hydrogens is 290 g/mol. The van der Waals surface area contributed by atoms with Crippen LogP contribution in [0.2, 0.25) is 5.02 Å². The predicted molar refractivity (Wildman–Crippen MR) is 84.9 cm³/mol. The van der Waals surface area contributed by atoms with E-state index in [9.17, 15) is 4.79 Å². The van der Waals surface area contributed by atoms with Gasteiger partial charge in [0.2, 0.25) is 0 Å². The molecule has 0 saturated carbocycles. The molecule has 0 bridgehead atoms. The molecule has 118 valence electrons. The van der Waals surface area contributed by atoms with Gasteiger partial charge in [-0.05, 0) is 52.4 Å². The standard InChI is InChI=1S/C16H24ClNO3/c1-16(2,3)21-15(19)12-18(4)9-6-10-20-14-8-5-7-13(17)11-14/h5,7-8,11H,6,9-10,12H2,1-4H3. The molecule has 0 saturated heterocycles. The summed E-state index contributed by atoms with van der Waals surface area (Å²) < 4.78 is 10.9. The summed E-state index contributed by atoms with van der Waals surface area (Å²) in [4.78, 5) is 13.6. The second kappa shape index (κ2) is 8.25. The summed E-state index contributed by atoms with van der Waals surface area (Å²) in [5.74, 6) is 0.554. The van der Waals surface area contributed by atoms with Gasteiger partial charge in [-0.25, -0.2) is 0 Å². The van der Waals surface area contributed by atoms with Crippen LogP contribution in [0.4, 0.5) is 0 Å². The van der Waals surface area contributed by atoms with E-state index in [1.807, 2.05) is 50.9 Å². The van der Waals surface area contributed by atoms with Gasteiger partial charge in [0.05, 0.1) is 13.2 Å². The monoisotopic (exact) mass is 313 g/mol. The fraction of sp³-hybridized carbons (Fsp3) is 0.562. The Labute approximate surface area is 132 Å². The number of likely N-dealkylation sites (N-methyl/N-ethyl adjacent to an activating group) is 1. The van der Waals surface area contributed by atoms with E-state index in [0.717, 1.165) is 18.7 Å². The van der Waals surface area contributed by atoms with Gasteiger partial charge in [0.25, 0.3) is 0 Å². The van der Waals surface area contributed by atoms with Crippen molar-refractivity contribution >= 4 is 17.6 Å². The number of halogens is 1. The average Bonchev–Trinajstić information content (AvgIpc) is 2.32. The third-order valence-electron chi connectivity index (χ3n) is 2.57. The fourth-order valence-electron chi connectivity index (χ4n) is 1.75. The lowest BCUT2D eigenvalue weighted by molar-refractivity contribution is -0.155. The van der Waals surface area contributed by atoms with Crippen LogP contribution in [0, 0.1) is 0 Å². The Kier molecular flexibility index (Phi) is 6.99. The zero-order chi connectivity index (χ0) is 15.9. The van der Waals surface area contributed by atoms with Crippen molar-refractivity contribution in [1.29, 1.82) is 0 Å². The predicted octanol–water partition coefficient (Wildman–Crippen LogP) is 3.38. The highest BCUT2D eigenvalue weighted by Gasteiger charge is 2.17. The van der Waals surface area contributed by atoms with Gasteiger partial charge in [-0.1, -0.05) is 17.7 Å². The number of benzene rings is 1. The van der Waals surface area contributed by atoms with E-state index in [1.165, 1.54) is 0 Å². The fourth-order valence-corrected chi connectivity index (χ4v) is 1.93. The molecule has 21 heavy (non-hydrogen) atoms. The van der Waals surface area contributed by atoms with E-state index in [0.29, 0.717) is 11.6 Å². The summed E-state index contributed by atoms with van der Waals surface area (Å²) in [7, 11) is 1.89. The minimum Gasteiger partial charge on any atom is -0.493 e. The molecule has 0 aliphatic rings. The van der Waals surface area contributed by atoms with Crippen LogP contribution in [0.25, 0.3) is 0 Å². The number of rotatable bonds is 7. The van der Waals surface area contributed by atoms with Gasteiger partial charge in [-0.3, -0.25) is 9.69 Å². The normalized spacial score (nSPS) is 11.5. The minimum absolute atomic E-state index is 0.208. The van der Waals surface area contributed by atoms with Crippen molar-refractivity contribution in [3.05, 3.63) is 29.3 Å². The van der Waals surface area contributed by atoms with Gasteiger partial charge in [0.15, 0.2) is 0 Å². The Morgan fingerprint density at radius 3 is 2.67 bits per heavy atom. The van der Waals surface area contributed by atoms with Gasteiger partial charge in [-0.15, -0.1) is 0 Å².